The molecule has 204 valence electrons. The van der Waals surface area contributed by atoms with Crippen LogP contribution < -0.4 is 5.73 Å². The van der Waals surface area contributed by atoms with Crippen molar-refractivity contribution < 1.29 is 10.0 Å². The molecule has 40 heavy (non-hydrogen) atoms. The summed E-state index contributed by atoms with van der Waals surface area (Å²) in [4.78, 5) is 23.9. The van der Waals surface area contributed by atoms with Gasteiger partial charge in [-0.25, -0.2) is 9.97 Å². The predicted octanol–water partition coefficient (Wildman–Crippen LogP) is 5.70. The summed E-state index contributed by atoms with van der Waals surface area (Å²) in [7, 11) is 0. The quantitative estimate of drug-likeness (QED) is 0.149. The average Bonchev–Trinajstić information content (AvgIpc) is 3.78. The van der Waals surface area contributed by atoms with E-state index in [1.807, 2.05) is 29.6 Å². The number of nitrogen functional groups attached to an aromatic ring is 1. The Labute approximate surface area is 237 Å². The lowest BCUT2D eigenvalue weighted by molar-refractivity contribution is -0.384. The highest BCUT2D eigenvalue weighted by molar-refractivity contribution is 7.15. The van der Waals surface area contributed by atoms with E-state index >= 15 is 0 Å². The molecule has 0 spiro atoms. The van der Waals surface area contributed by atoms with Crippen LogP contribution in [0.3, 0.4) is 0 Å². The number of hydrogen-bond acceptors (Lipinski definition) is 9. The highest BCUT2D eigenvalue weighted by Gasteiger charge is 2.18. The first-order chi connectivity index (χ1) is 19.5. The molecule has 0 bridgehead atoms. The molecule has 0 aliphatic carbocycles. The molecular formula is C28H27N7O3S2. The maximum atomic E-state index is 11.0. The minimum Gasteiger partial charge on any atom is -0.398 e. The summed E-state index contributed by atoms with van der Waals surface area (Å²) in [5, 5.41) is 24.2. The SMILES string of the molecule is Nc1ccccc1-c1cn2c(CN3CCCC3)csc2n1.O=[N+]([O-])c1ccccc1-c1cn2c(CO)csc2n1. The van der Waals surface area contributed by atoms with Crippen molar-refractivity contribution in [1.82, 2.24) is 23.7 Å². The lowest BCUT2D eigenvalue weighted by Gasteiger charge is -2.13. The van der Waals surface area contributed by atoms with Crippen molar-refractivity contribution in [3.63, 3.8) is 0 Å². The van der Waals surface area contributed by atoms with Crippen LogP contribution >= 0.6 is 22.7 Å². The molecule has 1 fully saturated rings. The van der Waals surface area contributed by atoms with Gasteiger partial charge in [0.2, 0.25) is 0 Å². The fourth-order valence-electron chi connectivity index (χ4n) is 4.90. The molecule has 1 aliphatic rings. The van der Waals surface area contributed by atoms with Gasteiger partial charge in [-0.05, 0) is 38.1 Å². The normalized spacial score (nSPS) is 13.6. The number of hydrogen-bond donors (Lipinski definition) is 2. The van der Waals surface area contributed by atoms with Gasteiger partial charge in [-0.3, -0.25) is 23.8 Å². The maximum absolute atomic E-state index is 11.0. The number of para-hydroxylation sites is 2. The third-order valence-corrected chi connectivity index (χ3v) is 8.70. The molecule has 7 rings (SSSR count). The Bertz CT molecular complexity index is 1800. The monoisotopic (exact) mass is 573 g/mol. The van der Waals surface area contributed by atoms with Crippen molar-refractivity contribution in [2.45, 2.75) is 26.0 Å². The molecule has 4 aromatic heterocycles. The number of likely N-dealkylation sites (tertiary alicyclic amines) is 1. The van der Waals surface area contributed by atoms with Crippen LogP contribution in [-0.2, 0) is 13.2 Å². The Balaban J connectivity index is 0.000000145. The molecule has 1 aliphatic heterocycles. The van der Waals surface area contributed by atoms with Gasteiger partial charge < -0.3 is 10.8 Å². The molecule has 0 radical (unpaired) electrons. The maximum Gasteiger partial charge on any atom is 0.278 e. The van der Waals surface area contributed by atoms with E-state index in [0.717, 1.165) is 34.1 Å². The number of nitro groups is 1. The summed E-state index contributed by atoms with van der Waals surface area (Å²) in [6.45, 7) is 3.35. The van der Waals surface area contributed by atoms with Gasteiger partial charge in [0.25, 0.3) is 5.69 Å². The molecular weight excluding hydrogens is 546 g/mol. The number of nitro benzene ring substituents is 1. The molecule has 0 unspecified atom stereocenters. The molecule has 0 atom stereocenters. The highest BCUT2D eigenvalue weighted by Crippen LogP contribution is 2.31. The van der Waals surface area contributed by atoms with Crippen LogP contribution in [0.25, 0.3) is 32.4 Å². The van der Waals surface area contributed by atoms with E-state index in [4.69, 9.17) is 10.7 Å². The largest absolute Gasteiger partial charge is 0.398 e. The van der Waals surface area contributed by atoms with Crippen LogP contribution in [0.4, 0.5) is 11.4 Å². The second-order valence-electron chi connectivity index (χ2n) is 9.51. The number of aliphatic hydroxyl groups is 1. The van der Waals surface area contributed by atoms with E-state index in [1.165, 1.54) is 49.0 Å². The van der Waals surface area contributed by atoms with Gasteiger partial charge in [-0.2, -0.15) is 0 Å². The lowest BCUT2D eigenvalue weighted by atomic mass is 10.1. The molecule has 6 aromatic rings. The molecule has 0 saturated carbocycles. The van der Waals surface area contributed by atoms with Crippen molar-refractivity contribution in [3.05, 3.63) is 93.2 Å². The summed E-state index contributed by atoms with van der Waals surface area (Å²) >= 11 is 3.09. The van der Waals surface area contributed by atoms with Crippen molar-refractivity contribution in [1.29, 1.82) is 0 Å². The third kappa shape index (κ3) is 5.09. The number of aliphatic hydroxyl groups excluding tert-OH is 1. The molecule has 3 N–H and O–H groups in total. The second kappa shape index (κ2) is 11.2. The summed E-state index contributed by atoms with van der Waals surface area (Å²) in [5.74, 6) is 0. The van der Waals surface area contributed by atoms with Gasteiger partial charge in [0.05, 0.1) is 34.2 Å². The van der Waals surface area contributed by atoms with E-state index in [2.05, 4.69) is 25.9 Å². The third-order valence-electron chi connectivity index (χ3n) is 6.93. The molecule has 2 aromatic carbocycles. The second-order valence-corrected chi connectivity index (χ2v) is 11.2. The first-order valence-corrected chi connectivity index (χ1v) is 14.6. The first-order valence-electron chi connectivity index (χ1n) is 12.8. The minimum atomic E-state index is -0.421. The standard InChI is InChI=1S/C16H18N4S.C12H9N3O3S/c17-14-6-2-1-5-13(14)15-10-20-12(11-21-16(20)18-15)9-19-7-3-4-8-19;16-6-8-7-19-12-13-10(5-14(8)12)9-3-1-2-4-11(9)15(17)18/h1-2,5-6,10-11H,3-4,7-9,17H2;1-5,7,16H,6H2. The van der Waals surface area contributed by atoms with Crippen molar-refractivity contribution in [2.75, 3.05) is 18.8 Å². The van der Waals surface area contributed by atoms with E-state index in [9.17, 15) is 15.2 Å². The van der Waals surface area contributed by atoms with Gasteiger partial charge in [0, 0.05) is 52.7 Å². The van der Waals surface area contributed by atoms with Crippen LogP contribution in [0.1, 0.15) is 24.2 Å². The zero-order valence-corrected chi connectivity index (χ0v) is 23.1. The minimum absolute atomic E-state index is 0.0267. The number of nitrogens with two attached hydrogens (primary N) is 1. The predicted molar refractivity (Wildman–Crippen MR) is 159 cm³/mol. The number of aromatic nitrogens is 4. The summed E-state index contributed by atoms with van der Waals surface area (Å²) in [6, 6.07) is 14.4. The fraction of sp³-hybridized carbons (Fsp3) is 0.214. The molecule has 0 amide bonds. The number of fused-ring (bicyclic) bond motifs is 2. The number of imidazole rings is 2. The lowest BCUT2D eigenvalue weighted by Crippen LogP contribution is -2.19. The van der Waals surface area contributed by atoms with E-state index in [1.54, 1.807) is 40.1 Å². The summed E-state index contributed by atoms with van der Waals surface area (Å²) in [6.07, 6.45) is 6.47. The average molecular weight is 574 g/mol. The van der Waals surface area contributed by atoms with E-state index < -0.39 is 4.92 Å². The summed E-state index contributed by atoms with van der Waals surface area (Å²) in [5.41, 5.74) is 11.9. The van der Waals surface area contributed by atoms with Gasteiger partial charge in [-0.15, -0.1) is 22.7 Å². The van der Waals surface area contributed by atoms with Crippen molar-refractivity contribution in [3.8, 4) is 22.5 Å². The highest BCUT2D eigenvalue weighted by atomic mass is 32.1. The number of rotatable bonds is 6. The Hall–Kier alpha value is -4.10. The summed E-state index contributed by atoms with van der Waals surface area (Å²) < 4.78 is 3.96. The first kappa shape index (κ1) is 26.1. The Kier molecular flexibility index (Phi) is 7.30. The number of anilines is 1. The van der Waals surface area contributed by atoms with Crippen molar-refractivity contribution in [2.24, 2.45) is 0 Å². The Morgan fingerprint density at radius 1 is 0.875 bits per heavy atom. The topological polar surface area (TPSA) is 127 Å². The fourth-order valence-corrected chi connectivity index (χ4v) is 6.62. The van der Waals surface area contributed by atoms with Crippen LogP contribution in [0.2, 0.25) is 0 Å². The van der Waals surface area contributed by atoms with Gasteiger partial charge in [0.1, 0.15) is 0 Å². The molecule has 5 heterocycles. The Morgan fingerprint density at radius 2 is 1.45 bits per heavy atom. The number of thiazole rings is 2. The smallest absolute Gasteiger partial charge is 0.278 e. The van der Waals surface area contributed by atoms with E-state index in [0.29, 0.717) is 16.2 Å². The van der Waals surface area contributed by atoms with E-state index in [-0.39, 0.29) is 12.3 Å². The zero-order valence-electron chi connectivity index (χ0n) is 21.5. The van der Waals surface area contributed by atoms with Gasteiger partial charge in [-0.1, -0.05) is 30.3 Å². The van der Waals surface area contributed by atoms with Crippen LogP contribution in [-0.4, -0.2) is 46.8 Å². The number of nitrogens with zero attached hydrogens (tertiary/aromatic N) is 6. The molecule has 10 nitrogen and oxygen atoms in total. The number of benzene rings is 2. The van der Waals surface area contributed by atoms with Crippen molar-refractivity contribution >= 4 is 44.0 Å². The van der Waals surface area contributed by atoms with Gasteiger partial charge in [0.15, 0.2) is 9.92 Å². The Morgan fingerprint density at radius 3 is 2.10 bits per heavy atom. The van der Waals surface area contributed by atoms with Crippen LogP contribution in [0.15, 0.2) is 71.7 Å². The molecule has 1 saturated heterocycles. The molecule has 12 heteroatoms. The van der Waals surface area contributed by atoms with Crippen LogP contribution in [0, 0.1) is 10.1 Å². The van der Waals surface area contributed by atoms with Crippen LogP contribution in [0.5, 0.6) is 0 Å². The zero-order chi connectivity index (χ0) is 27.6. The van der Waals surface area contributed by atoms with Gasteiger partial charge >= 0.3 is 0 Å².